The fourth-order valence-corrected chi connectivity index (χ4v) is 0. The largest absolute Gasteiger partial charge is 0.389 e. The van der Waals surface area contributed by atoms with Crippen molar-refractivity contribution in [3.05, 3.63) is 50.6 Å². The van der Waals surface area contributed by atoms with Crippen molar-refractivity contribution in [3.8, 4) is 0 Å². The molecule has 0 aromatic heterocycles. The monoisotopic (exact) mass is 406 g/mol. The smallest absolute Gasteiger partial charge is 0.0769 e. The molecule has 0 radical (unpaired) electrons. The molecule has 0 spiro atoms. The van der Waals surface area contributed by atoms with Gasteiger partial charge in [-0.3, -0.25) is 0 Å². The van der Waals surface area contributed by atoms with E-state index < -0.39 is 11.2 Å². The van der Waals surface area contributed by atoms with Crippen LogP contribution in [0.3, 0.4) is 0 Å². The van der Waals surface area contributed by atoms with Gasteiger partial charge in [-0.2, -0.15) is 0 Å². The first-order valence-corrected chi connectivity index (χ1v) is 7.00. The van der Waals surface area contributed by atoms with E-state index >= 15 is 0 Å². The predicted octanol–water partition coefficient (Wildman–Crippen LogP) is 2.99. The van der Waals surface area contributed by atoms with Crippen molar-refractivity contribution >= 4 is 0 Å². The summed E-state index contributed by atoms with van der Waals surface area (Å²) in [6, 6.07) is 0. The Morgan fingerprint density at radius 3 is 0.783 bits per heavy atom. The molecule has 0 amide bonds. The van der Waals surface area contributed by atoms with Gasteiger partial charge in [0.25, 0.3) is 0 Å². The molecule has 0 aliphatic carbocycles. The van der Waals surface area contributed by atoms with E-state index in [2.05, 4.69) is 26.3 Å². The molecular formula is C18H36O4Zr. The molecule has 2 unspecified atom stereocenters. The van der Waals surface area contributed by atoms with Crippen LogP contribution in [-0.4, -0.2) is 43.8 Å². The molecule has 4 nitrogen and oxygen atoms in total. The summed E-state index contributed by atoms with van der Waals surface area (Å²) < 4.78 is 0. The van der Waals surface area contributed by atoms with Gasteiger partial charge in [0.15, 0.2) is 0 Å². The molecule has 0 aliphatic rings. The van der Waals surface area contributed by atoms with E-state index in [1.807, 2.05) is 0 Å². The fraction of sp³-hybridized carbons (Fsp3) is 0.556. The minimum Gasteiger partial charge on any atom is -0.389 e. The summed E-state index contributed by atoms with van der Waals surface area (Å²) in [6.07, 6.45) is 5.23. The maximum absolute atomic E-state index is 8.71. The van der Waals surface area contributed by atoms with Gasteiger partial charge in [-0.1, -0.05) is 24.3 Å². The third kappa shape index (κ3) is 89.6. The molecule has 5 heteroatoms. The Bertz CT molecular complexity index is 254. The molecule has 0 rings (SSSR count). The molecule has 0 heterocycles. The van der Waals surface area contributed by atoms with Gasteiger partial charge in [-0.15, -0.1) is 26.3 Å². The minimum absolute atomic E-state index is 0. The van der Waals surface area contributed by atoms with Crippen LogP contribution < -0.4 is 0 Å². The van der Waals surface area contributed by atoms with E-state index in [-0.39, 0.29) is 38.4 Å². The van der Waals surface area contributed by atoms with Gasteiger partial charge < -0.3 is 20.4 Å². The van der Waals surface area contributed by atoms with Gasteiger partial charge in [-0.25, -0.2) is 0 Å². The first kappa shape index (κ1) is 34.1. The summed E-state index contributed by atoms with van der Waals surface area (Å²) in [7, 11) is 0. The first-order chi connectivity index (χ1) is 9.66. The summed E-state index contributed by atoms with van der Waals surface area (Å²) in [5.74, 6) is 0. The maximum Gasteiger partial charge on any atom is 0.0769 e. The molecule has 0 fully saturated rings. The van der Waals surface area contributed by atoms with Gasteiger partial charge in [0, 0.05) is 26.2 Å². The van der Waals surface area contributed by atoms with Crippen LogP contribution in [0, 0.1) is 0 Å². The van der Waals surface area contributed by atoms with Crippen LogP contribution in [0.2, 0.25) is 0 Å². The molecule has 0 aromatic carbocycles. The van der Waals surface area contributed by atoms with E-state index in [1.165, 1.54) is 24.3 Å². The zero-order valence-electron chi connectivity index (χ0n) is 15.6. The van der Waals surface area contributed by atoms with Crippen LogP contribution >= 0.6 is 0 Å². The minimum atomic E-state index is -0.694. The van der Waals surface area contributed by atoms with Crippen LogP contribution in [0.15, 0.2) is 50.6 Å². The zero-order chi connectivity index (χ0) is 19.0. The van der Waals surface area contributed by atoms with Gasteiger partial charge in [0.2, 0.25) is 0 Å². The third-order valence-electron chi connectivity index (χ3n) is 1.68. The van der Waals surface area contributed by atoms with E-state index in [9.17, 15) is 0 Å². The maximum atomic E-state index is 8.71. The van der Waals surface area contributed by atoms with Gasteiger partial charge in [-0.05, 0) is 41.5 Å². The van der Waals surface area contributed by atoms with E-state index in [1.54, 1.807) is 41.5 Å². The Balaban J connectivity index is -0.0000000620. The Morgan fingerprint density at radius 2 is 0.783 bits per heavy atom. The second kappa shape index (κ2) is 19.7. The van der Waals surface area contributed by atoms with Crippen molar-refractivity contribution in [2.45, 2.75) is 65.0 Å². The number of rotatable bonds is 4. The van der Waals surface area contributed by atoms with Crippen LogP contribution in [-0.2, 0) is 26.2 Å². The molecule has 2 atom stereocenters. The molecule has 0 bridgehead atoms. The normalized spacial score (nSPS) is 11.9. The molecule has 0 saturated carbocycles. The molecule has 136 valence electrons. The van der Waals surface area contributed by atoms with Crippen molar-refractivity contribution in [2.75, 3.05) is 0 Å². The van der Waals surface area contributed by atoms with Crippen LogP contribution in [0.4, 0.5) is 0 Å². The SMILES string of the molecule is C=CC(C)(C)O.C=CC(C)(C)O.C=CC(C)O.C=CC(C)O.[Zr]. The van der Waals surface area contributed by atoms with E-state index in [0.717, 1.165) is 0 Å². The van der Waals surface area contributed by atoms with Gasteiger partial charge >= 0.3 is 0 Å². The second-order valence-electron chi connectivity index (χ2n) is 5.67. The van der Waals surface area contributed by atoms with Crippen molar-refractivity contribution < 1.29 is 46.6 Å². The Hall–Kier alpha value is -0.317. The molecule has 4 N–H and O–H groups in total. The number of aliphatic hydroxyl groups is 4. The standard InChI is InChI=1S/2C5H10O.2C4H8O.Zr/c2*1-4-5(2,3)6;2*1-3-4(2)5;/h2*4,6H,1H2,2-3H3;2*3-5H,1H2,2H3;. The number of aliphatic hydroxyl groups excluding tert-OH is 2. The van der Waals surface area contributed by atoms with Crippen molar-refractivity contribution in [2.24, 2.45) is 0 Å². The Morgan fingerprint density at radius 1 is 0.696 bits per heavy atom. The van der Waals surface area contributed by atoms with Gasteiger partial charge in [0.05, 0.1) is 23.4 Å². The molecule has 0 aliphatic heterocycles. The fourth-order valence-electron chi connectivity index (χ4n) is 0. The topological polar surface area (TPSA) is 80.9 Å². The van der Waals surface area contributed by atoms with Gasteiger partial charge in [0.1, 0.15) is 0 Å². The van der Waals surface area contributed by atoms with Crippen LogP contribution in [0.25, 0.3) is 0 Å². The number of hydrogen-bond acceptors (Lipinski definition) is 4. The summed E-state index contributed by atoms with van der Waals surface area (Å²) in [4.78, 5) is 0. The average Bonchev–Trinajstić information content (AvgIpc) is 2.39. The van der Waals surface area contributed by atoms with E-state index in [4.69, 9.17) is 20.4 Å². The Kier molecular flexibility index (Phi) is 29.3. The van der Waals surface area contributed by atoms with Crippen molar-refractivity contribution in [1.82, 2.24) is 0 Å². The second-order valence-corrected chi connectivity index (χ2v) is 5.67. The van der Waals surface area contributed by atoms with Crippen molar-refractivity contribution in [3.63, 3.8) is 0 Å². The molecule has 0 saturated heterocycles. The first-order valence-electron chi connectivity index (χ1n) is 7.00. The quantitative estimate of drug-likeness (QED) is 0.540. The van der Waals surface area contributed by atoms with Crippen LogP contribution in [0.5, 0.6) is 0 Å². The molecule has 23 heavy (non-hydrogen) atoms. The predicted molar refractivity (Wildman–Crippen MR) is 96.7 cm³/mol. The zero-order valence-corrected chi connectivity index (χ0v) is 18.0. The van der Waals surface area contributed by atoms with Crippen molar-refractivity contribution in [1.29, 1.82) is 0 Å². The third-order valence-corrected chi connectivity index (χ3v) is 1.68. The van der Waals surface area contributed by atoms with E-state index in [0.29, 0.717) is 0 Å². The summed E-state index contributed by atoms with van der Waals surface area (Å²) >= 11 is 0. The molecule has 0 aromatic rings. The summed E-state index contributed by atoms with van der Waals surface area (Å²) in [5, 5.41) is 33.9. The summed E-state index contributed by atoms with van der Waals surface area (Å²) in [6.45, 7) is 23.4. The summed E-state index contributed by atoms with van der Waals surface area (Å²) in [5.41, 5.74) is -1.39. The Labute approximate surface area is 162 Å². The molecular weight excluding hydrogens is 371 g/mol. The average molecular weight is 408 g/mol. The number of hydrogen-bond donors (Lipinski definition) is 4. The van der Waals surface area contributed by atoms with Crippen LogP contribution in [0.1, 0.15) is 41.5 Å².